The Labute approximate surface area is 211 Å². The fraction of sp³-hybridized carbons (Fsp3) is 0.481. The molecule has 1 aliphatic heterocycles. The standard InChI is InChI=1S/C27H35N3O4S/c1-4-11-30(22-9-12-34-13-10-22)25-8-5-19(20(17-33-3)15-27(31)32)14-24(25)29-21-6-7-23-26(16-21)35-18(2)28-23/h5-8,14,16,20,22,29H,4,9-13,15,17H2,1-3H3,(H,31,32). The lowest BCUT2D eigenvalue weighted by molar-refractivity contribution is -0.137. The number of fused-ring (bicyclic) bond motifs is 1. The predicted molar refractivity (Wildman–Crippen MR) is 142 cm³/mol. The number of carboxylic acids is 1. The Morgan fingerprint density at radius 2 is 2.09 bits per heavy atom. The minimum atomic E-state index is -0.827. The maximum absolute atomic E-state index is 11.5. The summed E-state index contributed by atoms with van der Waals surface area (Å²) in [5.74, 6) is -1.05. The minimum Gasteiger partial charge on any atom is -0.481 e. The van der Waals surface area contributed by atoms with Crippen LogP contribution in [0.15, 0.2) is 36.4 Å². The molecule has 0 saturated carbocycles. The molecule has 1 atom stereocenters. The zero-order valence-electron chi connectivity index (χ0n) is 20.8. The number of aliphatic carboxylic acids is 1. The van der Waals surface area contributed by atoms with Gasteiger partial charge in [-0.2, -0.15) is 0 Å². The smallest absolute Gasteiger partial charge is 0.304 e. The summed E-state index contributed by atoms with van der Waals surface area (Å²) in [7, 11) is 1.61. The first-order valence-electron chi connectivity index (χ1n) is 12.3. The summed E-state index contributed by atoms with van der Waals surface area (Å²) in [6.45, 7) is 7.09. The van der Waals surface area contributed by atoms with Crippen LogP contribution in [0.1, 0.15) is 49.1 Å². The fourth-order valence-electron chi connectivity index (χ4n) is 4.85. The van der Waals surface area contributed by atoms with Crippen molar-refractivity contribution in [1.82, 2.24) is 4.98 Å². The first-order chi connectivity index (χ1) is 17.0. The van der Waals surface area contributed by atoms with Crippen molar-refractivity contribution < 1.29 is 19.4 Å². The van der Waals surface area contributed by atoms with E-state index in [9.17, 15) is 9.90 Å². The van der Waals surface area contributed by atoms with Gasteiger partial charge in [0.1, 0.15) is 0 Å². The second-order valence-electron chi connectivity index (χ2n) is 9.10. The maximum atomic E-state index is 11.5. The summed E-state index contributed by atoms with van der Waals surface area (Å²) < 4.78 is 12.1. The molecule has 0 bridgehead atoms. The fourth-order valence-corrected chi connectivity index (χ4v) is 5.72. The van der Waals surface area contributed by atoms with Gasteiger partial charge in [-0.25, -0.2) is 4.98 Å². The number of carboxylic acid groups (broad SMARTS) is 1. The summed E-state index contributed by atoms with van der Waals surface area (Å²) in [6.07, 6.45) is 3.06. The van der Waals surface area contributed by atoms with E-state index in [-0.39, 0.29) is 12.3 Å². The number of methoxy groups -OCH3 is 1. The first kappa shape index (κ1) is 25.4. The van der Waals surface area contributed by atoms with Crippen molar-refractivity contribution in [3.63, 3.8) is 0 Å². The van der Waals surface area contributed by atoms with Crippen LogP contribution in [0.2, 0.25) is 0 Å². The lowest BCUT2D eigenvalue weighted by atomic mass is 9.94. The Balaban J connectivity index is 1.75. The van der Waals surface area contributed by atoms with Crippen molar-refractivity contribution >= 4 is 44.6 Å². The third kappa shape index (κ3) is 6.31. The van der Waals surface area contributed by atoms with Crippen LogP contribution >= 0.6 is 11.3 Å². The molecule has 1 fully saturated rings. The molecule has 1 aromatic heterocycles. The van der Waals surface area contributed by atoms with E-state index in [1.165, 1.54) is 0 Å². The molecular weight excluding hydrogens is 462 g/mol. The van der Waals surface area contributed by atoms with Crippen molar-refractivity contribution in [3.8, 4) is 0 Å². The molecule has 2 heterocycles. The number of aryl methyl sites for hydroxylation is 1. The van der Waals surface area contributed by atoms with Crippen LogP contribution in [0, 0.1) is 6.92 Å². The quantitative estimate of drug-likeness (QED) is 0.339. The van der Waals surface area contributed by atoms with Gasteiger partial charge in [0.2, 0.25) is 0 Å². The Morgan fingerprint density at radius 1 is 1.29 bits per heavy atom. The third-order valence-corrected chi connectivity index (χ3v) is 7.39. The predicted octanol–water partition coefficient (Wildman–Crippen LogP) is 5.95. The van der Waals surface area contributed by atoms with Gasteiger partial charge in [-0.15, -0.1) is 11.3 Å². The van der Waals surface area contributed by atoms with Crippen LogP contribution in [0.5, 0.6) is 0 Å². The summed E-state index contributed by atoms with van der Waals surface area (Å²) in [6, 6.07) is 13.0. The van der Waals surface area contributed by atoms with Gasteiger partial charge >= 0.3 is 5.97 Å². The molecule has 35 heavy (non-hydrogen) atoms. The zero-order chi connectivity index (χ0) is 24.8. The number of nitrogens with one attached hydrogen (secondary N) is 1. The van der Waals surface area contributed by atoms with Crippen LogP contribution in [0.25, 0.3) is 10.2 Å². The molecule has 1 saturated heterocycles. The molecule has 1 aliphatic rings. The Hall–Kier alpha value is -2.68. The summed E-state index contributed by atoms with van der Waals surface area (Å²) >= 11 is 1.68. The average Bonchev–Trinajstić information content (AvgIpc) is 3.22. The highest BCUT2D eigenvalue weighted by Crippen LogP contribution is 2.37. The number of carbonyl (C=O) groups is 1. The van der Waals surface area contributed by atoms with Crippen molar-refractivity contribution in [1.29, 1.82) is 0 Å². The molecule has 0 spiro atoms. The first-order valence-corrected chi connectivity index (χ1v) is 13.1. The van der Waals surface area contributed by atoms with Gasteiger partial charge < -0.3 is 24.8 Å². The van der Waals surface area contributed by atoms with E-state index in [0.29, 0.717) is 12.6 Å². The molecular formula is C27H35N3O4S. The Kier molecular flexibility index (Phi) is 8.59. The van der Waals surface area contributed by atoms with Crippen LogP contribution in [-0.4, -0.2) is 55.6 Å². The summed E-state index contributed by atoms with van der Waals surface area (Å²) in [5, 5.41) is 14.2. The lowest BCUT2D eigenvalue weighted by Crippen LogP contribution is -2.40. The van der Waals surface area contributed by atoms with Gasteiger partial charge in [0, 0.05) is 44.5 Å². The summed E-state index contributed by atoms with van der Waals surface area (Å²) in [5.41, 5.74) is 5.07. The number of anilines is 3. The topological polar surface area (TPSA) is 83.9 Å². The number of benzene rings is 2. The molecule has 0 amide bonds. The van der Waals surface area contributed by atoms with E-state index in [2.05, 4.69) is 52.5 Å². The SMILES string of the molecule is CCCN(c1ccc(C(COC)CC(=O)O)cc1Nc1ccc2nc(C)sc2c1)C1CCOCC1. The van der Waals surface area contributed by atoms with Gasteiger partial charge in [-0.05, 0) is 62.1 Å². The van der Waals surface area contributed by atoms with Gasteiger partial charge in [0.15, 0.2) is 0 Å². The second-order valence-corrected chi connectivity index (χ2v) is 10.3. The van der Waals surface area contributed by atoms with Crippen molar-refractivity contribution in [2.75, 3.05) is 43.7 Å². The van der Waals surface area contributed by atoms with Gasteiger partial charge in [-0.3, -0.25) is 4.79 Å². The van der Waals surface area contributed by atoms with Crippen molar-refractivity contribution in [3.05, 3.63) is 47.0 Å². The van der Waals surface area contributed by atoms with Crippen LogP contribution < -0.4 is 10.2 Å². The Bertz CT molecular complexity index is 1140. The highest BCUT2D eigenvalue weighted by Gasteiger charge is 2.25. The molecule has 0 aliphatic carbocycles. The van der Waals surface area contributed by atoms with E-state index in [0.717, 1.165) is 76.9 Å². The number of hydrogen-bond donors (Lipinski definition) is 2. The molecule has 0 radical (unpaired) electrons. The summed E-state index contributed by atoms with van der Waals surface area (Å²) in [4.78, 5) is 18.6. The molecule has 2 aromatic carbocycles. The zero-order valence-corrected chi connectivity index (χ0v) is 21.6. The minimum absolute atomic E-state index is 0.0252. The Morgan fingerprint density at radius 3 is 2.80 bits per heavy atom. The number of hydrogen-bond acceptors (Lipinski definition) is 7. The van der Waals surface area contributed by atoms with E-state index in [1.807, 2.05) is 13.0 Å². The van der Waals surface area contributed by atoms with Crippen LogP contribution in [0.3, 0.4) is 0 Å². The molecule has 188 valence electrons. The van der Waals surface area contributed by atoms with E-state index in [1.54, 1.807) is 18.4 Å². The lowest BCUT2D eigenvalue weighted by Gasteiger charge is -2.37. The van der Waals surface area contributed by atoms with Crippen molar-refractivity contribution in [2.24, 2.45) is 0 Å². The number of rotatable bonds is 11. The molecule has 3 aromatic rings. The normalized spacial score (nSPS) is 15.3. The van der Waals surface area contributed by atoms with E-state index in [4.69, 9.17) is 9.47 Å². The van der Waals surface area contributed by atoms with Gasteiger partial charge in [-0.1, -0.05) is 13.0 Å². The average molecular weight is 498 g/mol. The van der Waals surface area contributed by atoms with Crippen LogP contribution in [-0.2, 0) is 14.3 Å². The molecule has 1 unspecified atom stereocenters. The van der Waals surface area contributed by atoms with E-state index >= 15 is 0 Å². The largest absolute Gasteiger partial charge is 0.481 e. The highest BCUT2D eigenvalue weighted by molar-refractivity contribution is 7.18. The number of thiazole rings is 1. The van der Waals surface area contributed by atoms with Gasteiger partial charge in [0.05, 0.1) is 39.6 Å². The molecule has 4 rings (SSSR count). The van der Waals surface area contributed by atoms with Crippen molar-refractivity contribution in [2.45, 2.75) is 51.5 Å². The molecule has 8 heteroatoms. The molecule has 2 N–H and O–H groups in total. The third-order valence-electron chi connectivity index (χ3n) is 6.46. The maximum Gasteiger partial charge on any atom is 0.304 e. The highest BCUT2D eigenvalue weighted by atomic mass is 32.1. The van der Waals surface area contributed by atoms with Crippen LogP contribution in [0.4, 0.5) is 17.1 Å². The van der Waals surface area contributed by atoms with E-state index < -0.39 is 5.97 Å². The van der Waals surface area contributed by atoms with Gasteiger partial charge in [0.25, 0.3) is 0 Å². The molecule has 7 nitrogen and oxygen atoms in total. The number of nitrogens with zero attached hydrogens (tertiary/aromatic N) is 2. The second kappa shape index (κ2) is 11.8. The monoisotopic (exact) mass is 497 g/mol. The number of aromatic nitrogens is 1. The number of ether oxygens (including phenoxy) is 2.